The third-order valence-electron chi connectivity index (χ3n) is 3.81. The molecule has 2 fully saturated rings. The van der Waals surface area contributed by atoms with E-state index in [1.165, 1.54) is 36.3 Å². The summed E-state index contributed by atoms with van der Waals surface area (Å²) < 4.78 is 5.79. The Bertz CT molecular complexity index is 382. The molecule has 1 heterocycles. The summed E-state index contributed by atoms with van der Waals surface area (Å²) in [4.78, 5) is 0. The smallest absolute Gasteiger partial charge is 0.119 e. The maximum atomic E-state index is 5.79. The van der Waals surface area contributed by atoms with E-state index in [0.29, 0.717) is 12.1 Å². The average molecular weight is 263 g/mol. The number of nitrogens with one attached hydrogen (secondary N) is 1. The molecule has 18 heavy (non-hydrogen) atoms. The van der Waals surface area contributed by atoms with Gasteiger partial charge in [0.1, 0.15) is 5.75 Å². The minimum Gasteiger partial charge on any atom is -0.490 e. The normalized spacial score (nSPS) is 25.1. The molecular weight excluding hydrogens is 242 g/mol. The molecule has 0 spiro atoms. The fourth-order valence-electron chi connectivity index (χ4n) is 2.62. The van der Waals surface area contributed by atoms with E-state index in [1.807, 2.05) is 0 Å². The quantitative estimate of drug-likeness (QED) is 0.881. The minimum atomic E-state index is 0.488. The van der Waals surface area contributed by atoms with Crippen LogP contribution in [0.3, 0.4) is 0 Å². The van der Waals surface area contributed by atoms with E-state index in [-0.39, 0.29) is 0 Å². The first-order chi connectivity index (χ1) is 8.86. The Hall–Kier alpha value is -0.670. The van der Waals surface area contributed by atoms with Gasteiger partial charge in [0, 0.05) is 6.04 Å². The molecule has 1 aromatic carbocycles. The van der Waals surface area contributed by atoms with E-state index in [4.69, 9.17) is 4.74 Å². The fraction of sp³-hybridized carbons (Fsp3) is 0.600. The zero-order valence-corrected chi connectivity index (χ0v) is 11.7. The van der Waals surface area contributed by atoms with Crippen molar-refractivity contribution >= 4 is 11.8 Å². The Morgan fingerprint density at radius 3 is 2.56 bits per heavy atom. The maximum Gasteiger partial charge on any atom is 0.119 e. The first kappa shape index (κ1) is 12.4. The highest BCUT2D eigenvalue weighted by Gasteiger charge is 2.26. The van der Waals surface area contributed by atoms with Crippen molar-refractivity contribution in [3.8, 4) is 5.75 Å². The predicted molar refractivity (Wildman–Crippen MR) is 77.3 cm³/mol. The van der Waals surface area contributed by atoms with Crippen LogP contribution in [0.2, 0.25) is 0 Å². The molecule has 2 aliphatic rings. The van der Waals surface area contributed by atoms with Crippen molar-refractivity contribution < 1.29 is 4.74 Å². The number of hydrogen-bond acceptors (Lipinski definition) is 3. The van der Waals surface area contributed by atoms with Crippen LogP contribution in [0.15, 0.2) is 24.3 Å². The van der Waals surface area contributed by atoms with Gasteiger partial charge in [0.25, 0.3) is 0 Å². The van der Waals surface area contributed by atoms with Crippen LogP contribution < -0.4 is 10.1 Å². The van der Waals surface area contributed by atoms with Crippen LogP contribution in [0.4, 0.5) is 0 Å². The van der Waals surface area contributed by atoms with Crippen LogP contribution in [-0.2, 0) is 0 Å². The lowest BCUT2D eigenvalue weighted by atomic mass is 9.92. The average Bonchev–Trinajstić information content (AvgIpc) is 3.05. The van der Waals surface area contributed by atoms with Gasteiger partial charge in [0.05, 0.1) is 6.10 Å². The number of thioether (sulfide) groups is 1. The molecule has 0 bridgehead atoms. The van der Waals surface area contributed by atoms with Gasteiger partial charge in [0.15, 0.2) is 0 Å². The summed E-state index contributed by atoms with van der Waals surface area (Å²) in [6.45, 7) is 0. The summed E-state index contributed by atoms with van der Waals surface area (Å²) in [5.74, 6) is 4.39. The first-order valence-corrected chi connectivity index (χ1v) is 8.04. The monoisotopic (exact) mass is 263 g/mol. The summed E-state index contributed by atoms with van der Waals surface area (Å²) in [7, 11) is 2.07. The molecule has 2 nitrogen and oxygen atoms in total. The first-order valence-electron chi connectivity index (χ1n) is 6.88. The van der Waals surface area contributed by atoms with Crippen LogP contribution in [0, 0.1) is 5.92 Å². The van der Waals surface area contributed by atoms with Crippen LogP contribution in [0.5, 0.6) is 5.75 Å². The summed E-state index contributed by atoms with van der Waals surface area (Å²) in [5, 5.41) is 3.48. The highest BCUT2D eigenvalue weighted by molar-refractivity contribution is 7.99. The van der Waals surface area contributed by atoms with Gasteiger partial charge < -0.3 is 10.1 Å². The fourth-order valence-corrected chi connectivity index (χ4v) is 3.92. The van der Waals surface area contributed by atoms with E-state index in [9.17, 15) is 0 Å². The Balaban J connectivity index is 1.68. The zero-order valence-electron chi connectivity index (χ0n) is 10.9. The lowest BCUT2D eigenvalue weighted by Crippen LogP contribution is -2.25. The zero-order chi connectivity index (χ0) is 12.4. The molecule has 1 N–H and O–H groups in total. The van der Waals surface area contributed by atoms with Crippen molar-refractivity contribution in [2.24, 2.45) is 5.92 Å². The molecule has 1 aliphatic carbocycles. The molecule has 1 aliphatic heterocycles. The third kappa shape index (κ3) is 2.83. The maximum absolute atomic E-state index is 5.79. The van der Waals surface area contributed by atoms with E-state index in [0.717, 1.165) is 11.7 Å². The molecule has 3 rings (SSSR count). The predicted octanol–water partition coefficient (Wildman–Crippen LogP) is 3.24. The van der Waals surface area contributed by atoms with Crippen LogP contribution in [0.25, 0.3) is 0 Å². The molecule has 1 saturated carbocycles. The molecule has 1 aromatic rings. The van der Waals surface area contributed by atoms with Crippen molar-refractivity contribution in [1.29, 1.82) is 0 Å². The topological polar surface area (TPSA) is 21.3 Å². The van der Waals surface area contributed by atoms with Gasteiger partial charge in [0.2, 0.25) is 0 Å². The number of hydrogen-bond donors (Lipinski definition) is 1. The number of ether oxygens (including phenoxy) is 1. The minimum absolute atomic E-state index is 0.488. The molecule has 0 aromatic heterocycles. The van der Waals surface area contributed by atoms with Crippen molar-refractivity contribution in [3.63, 3.8) is 0 Å². The van der Waals surface area contributed by atoms with Crippen molar-refractivity contribution in [2.45, 2.75) is 31.4 Å². The van der Waals surface area contributed by atoms with Gasteiger partial charge in [-0.2, -0.15) is 11.8 Å². The van der Waals surface area contributed by atoms with E-state index in [1.54, 1.807) is 0 Å². The Morgan fingerprint density at radius 1 is 1.22 bits per heavy atom. The van der Waals surface area contributed by atoms with E-state index in [2.05, 4.69) is 48.4 Å². The lowest BCUT2D eigenvalue weighted by molar-refractivity contribution is 0.303. The third-order valence-corrected chi connectivity index (χ3v) is 5.00. The Labute approximate surface area is 113 Å². The van der Waals surface area contributed by atoms with Crippen LogP contribution in [-0.4, -0.2) is 24.7 Å². The van der Waals surface area contributed by atoms with E-state index < -0.39 is 0 Å². The summed E-state index contributed by atoms with van der Waals surface area (Å²) in [5.41, 5.74) is 1.40. The summed E-state index contributed by atoms with van der Waals surface area (Å²) in [6.07, 6.45) is 4.26. The molecule has 98 valence electrons. The molecule has 0 amide bonds. The Morgan fingerprint density at radius 2 is 2.00 bits per heavy atom. The molecular formula is C15H21NOS. The van der Waals surface area contributed by atoms with Gasteiger partial charge in [-0.1, -0.05) is 12.1 Å². The second-order valence-corrected chi connectivity index (χ2v) is 6.43. The second kappa shape index (κ2) is 5.54. The molecule has 0 radical (unpaired) electrons. The highest BCUT2D eigenvalue weighted by Crippen LogP contribution is 2.35. The molecule has 2 atom stereocenters. The van der Waals surface area contributed by atoms with Gasteiger partial charge in [-0.25, -0.2) is 0 Å². The van der Waals surface area contributed by atoms with Crippen molar-refractivity contribution in [2.75, 3.05) is 18.6 Å². The summed E-state index contributed by atoms with van der Waals surface area (Å²) in [6, 6.07) is 9.19. The largest absolute Gasteiger partial charge is 0.490 e. The lowest BCUT2D eigenvalue weighted by Gasteiger charge is -2.23. The number of rotatable bonds is 5. The van der Waals surface area contributed by atoms with Gasteiger partial charge in [-0.3, -0.25) is 0 Å². The van der Waals surface area contributed by atoms with E-state index >= 15 is 0 Å². The van der Waals surface area contributed by atoms with Crippen LogP contribution >= 0.6 is 11.8 Å². The summed E-state index contributed by atoms with van der Waals surface area (Å²) >= 11 is 2.08. The highest BCUT2D eigenvalue weighted by atomic mass is 32.2. The standard InChI is InChI=1S/C15H21NOS/c1-16-15(12-8-9-18-10-12)11-2-4-13(5-3-11)17-14-6-7-14/h2-5,12,14-16H,6-10H2,1H3. The second-order valence-electron chi connectivity index (χ2n) is 5.28. The molecule has 2 unspecified atom stereocenters. The van der Waals surface area contributed by atoms with Crippen LogP contribution in [0.1, 0.15) is 30.9 Å². The molecule has 1 saturated heterocycles. The number of benzene rings is 1. The van der Waals surface area contributed by atoms with Gasteiger partial charge in [-0.15, -0.1) is 0 Å². The SMILES string of the molecule is CNC(c1ccc(OC2CC2)cc1)C1CCSC1. The van der Waals surface area contributed by atoms with Gasteiger partial charge >= 0.3 is 0 Å². The Kier molecular flexibility index (Phi) is 3.80. The van der Waals surface area contributed by atoms with Crippen molar-refractivity contribution in [3.05, 3.63) is 29.8 Å². The van der Waals surface area contributed by atoms with Gasteiger partial charge in [-0.05, 0) is 61.4 Å². The molecule has 3 heteroatoms. The van der Waals surface area contributed by atoms with Crippen molar-refractivity contribution in [1.82, 2.24) is 5.32 Å².